The van der Waals surface area contributed by atoms with E-state index in [0.29, 0.717) is 22.6 Å². The summed E-state index contributed by atoms with van der Waals surface area (Å²) in [6.45, 7) is 5.49. The van der Waals surface area contributed by atoms with Gasteiger partial charge in [0.2, 0.25) is 6.10 Å². The molecule has 3 aromatic rings. The van der Waals surface area contributed by atoms with Crippen molar-refractivity contribution in [2.24, 2.45) is 5.92 Å². The molecule has 0 saturated carbocycles. The van der Waals surface area contributed by atoms with Crippen LogP contribution in [0.2, 0.25) is 0 Å². The van der Waals surface area contributed by atoms with E-state index in [2.05, 4.69) is 10.6 Å². The van der Waals surface area contributed by atoms with Gasteiger partial charge in [-0.15, -0.1) is 0 Å². The average Bonchev–Trinajstić information content (AvgIpc) is 2.85. The molecule has 2 amide bonds. The van der Waals surface area contributed by atoms with Gasteiger partial charge in [-0.05, 0) is 37.1 Å². The number of hydrogen-bond acceptors (Lipinski definition) is 5. The normalized spacial score (nSPS) is 12.4. The second-order valence-corrected chi connectivity index (χ2v) is 8.51. The van der Waals surface area contributed by atoms with E-state index in [1.165, 1.54) is 7.11 Å². The predicted molar refractivity (Wildman–Crippen MR) is 134 cm³/mol. The molecule has 0 bridgehead atoms. The first-order valence-corrected chi connectivity index (χ1v) is 11.4. The van der Waals surface area contributed by atoms with Crippen molar-refractivity contribution in [1.82, 2.24) is 5.32 Å². The van der Waals surface area contributed by atoms with Gasteiger partial charge in [0.1, 0.15) is 11.8 Å². The topological polar surface area (TPSA) is 93.7 Å². The first kappa shape index (κ1) is 25.5. The number of esters is 1. The third kappa shape index (κ3) is 6.93. The van der Waals surface area contributed by atoms with Crippen LogP contribution in [0.3, 0.4) is 0 Å². The molecular formula is C28H30N2O5. The van der Waals surface area contributed by atoms with E-state index in [9.17, 15) is 14.4 Å². The Kier molecular flexibility index (Phi) is 8.62. The summed E-state index contributed by atoms with van der Waals surface area (Å²) in [5.74, 6) is -1.30. The highest BCUT2D eigenvalue weighted by molar-refractivity contribution is 5.99. The SMILES string of the molecule is COc1cccc(NC(=O)C(OC(=O)[C@@H](NC(=O)c2cccc(C)c2)C(C)C)c2ccccc2)c1. The number of amides is 2. The lowest BCUT2D eigenvalue weighted by molar-refractivity contribution is -0.157. The monoisotopic (exact) mass is 474 g/mol. The maximum absolute atomic E-state index is 13.2. The maximum atomic E-state index is 13.2. The van der Waals surface area contributed by atoms with Gasteiger partial charge in [0.25, 0.3) is 11.8 Å². The molecule has 7 heteroatoms. The van der Waals surface area contributed by atoms with Gasteiger partial charge in [0.05, 0.1) is 7.11 Å². The molecule has 7 nitrogen and oxygen atoms in total. The van der Waals surface area contributed by atoms with Gasteiger partial charge in [-0.3, -0.25) is 9.59 Å². The van der Waals surface area contributed by atoms with Crippen LogP contribution in [0.25, 0.3) is 0 Å². The Hall–Kier alpha value is -4.13. The Bertz CT molecular complexity index is 1180. The first-order chi connectivity index (χ1) is 16.8. The number of aryl methyl sites for hydroxylation is 1. The highest BCUT2D eigenvalue weighted by Crippen LogP contribution is 2.23. The lowest BCUT2D eigenvalue weighted by atomic mass is 10.0. The molecule has 2 N–H and O–H groups in total. The van der Waals surface area contributed by atoms with Gasteiger partial charge in [-0.25, -0.2) is 4.79 Å². The fourth-order valence-electron chi connectivity index (χ4n) is 3.51. The molecule has 182 valence electrons. The van der Waals surface area contributed by atoms with E-state index >= 15 is 0 Å². The van der Waals surface area contributed by atoms with Crippen LogP contribution in [0.4, 0.5) is 5.69 Å². The predicted octanol–water partition coefficient (Wildman–Crippen LogP) is 4.68. The smallest absolute Gasteiger partial charge is 0.330 e. The Balaban J connectivity index is 1.81. The zero-order valence-electron chi connectivity index (χ0n) is 20.3. The van der Waals surface area contributed by atoms with E-state index in [1.54, 1.807) is 86.6 Å². The number of carbonyl (C=O) groups excluding carboxylic acids is 3. The summed E-state index contributed by atoms with van der Waals surface area (Å²) in [4.78, 5) is 39.2. The van der Waals surface area contributed by atoms with Crippen molar-refractivity contribution in [2.45, 2.75) is 32.9 Å². The largest absolute Gasteiger partial charge is 0.497 e. The minimum atomic E-state index is -1.22. The Morgan fingerprint density at radius 2 is 1.57 bits per heavy atom. The molecule has 3 rings (SSSR count). The van der Waals surface area contributed by atoms with E-state index in [4.69, 9.17) is 9.47 Å². The van der Waals surface area contributed by atoms with Crippen molar-refractivity contribution in [2.75, 3.05) is 12.4 Å². The highest BCUT2D eigenvalue weighted by Gasteiger charge is 2.32. The van der Waals surface area contributed by atoms with E-state index in [1.807, 2.05) is 13.0 Å². The van der Waals surface area contributed by atoms with Gasteiger partial charge in [-0.2, -0.15) is 0 Å². The summed E-state index contributed by atoms with van der Waals surface area (Å²) in [6.07, 6.45) is -1.22. The lowest BCUT2D eigenvalue weighted by Gasteiger charge is -2.24. The fourth-order valence-corrected chi connectivity index (χ4v) is 3.51. The fraction of sp³-hybridized carbons (Fsp3) is 0.250. The number of rotatable bonds is 9. The van der Waals surface area contributed by atoms with Gasteiger partial charge in [0, 0.05) is 22.9 Å². The molecule has 3 aromatic carbocycles. The molecule has 0 heterocycles. The molecule has 0 fully saturated rings. The summed E-state index contributed by atoms with van der Waals surface area (Å²) in [6, 6.07) is 21.8. The Morgan fingerprint density at radius 3 is 2.23 bits per heavy atom. The molecule has 0 aliphatic carbocycles. The zero-order chi connectivity index (χ0) is 25.4. The molecule has 0 aliphatic rings. The van der Waals surface area contributed by atoms with Crippen molar-refractivity contribution in [3.8, 4) is 5.75 Å². The van der Waals surface area contributed by atoms with Crippen molar-refractivity contribution in [1.29, 1.82) is 0 Å². The zero-order valence-corrected chi connectivity index (χ0v) is 20.3. The first-order valence-electron chi connectivity index (χ1n) is 11.4. The number of carbonyl (C=O) groups is 3. The number of anilines is 1. The standard InChI is InChI=1S/C28H30N2O5/c1-18(2)24(30-26(31)21-13-8-10-19(3)16-21)28(33)35-25(20-11-6-5-7-12-20)27(32)29-22-14-9-15-23(17-22)34-4/h5-18,24-25H,1-4H3,(H,29,32)(H,30,31)/t24-,25?/m0/s1. The van der Waals surface area contributed by atoms with Gasteiger partial charge < -0.3 is 20.1 Å². The average molecular weight is 475 g/mol. The van der Waals surface area contributed by atoms with Gasteiger partial charge in [0.15, 0.2) is 0 Å². The molecule has 0 aromatic heterocycles. The second-order valence-electron chi connectivity index (χ2n) is 8.51. The number of ether oxygens (including phenoxy) is 2. The molecule has 35 heavy (non-hydrogen) atoms. The molecule has 0 spiro atoms. The maximum Gasteiger partial charge on any atom is 0.330 e. The summed E-state index contributed by atoms with van der Waals surface area (Å²) in [5, 5.41) is 5.54. The Morgan fingerprint density at radius 1 is 0.857 bits per heavy atom. The van der Waals surface area contributed by atoms with E-state index < -0.39 is 24.0 Å². The molecule has 0 radical (unpaired) electrons. The van der Waals surface area contributed by atoms with Crippen LogP contribution in [-0.2, 0) is 14.3 Å². The molecule has 0 aliphatic heterocycles. The van der Waals surface area contributed by atoms with Crippen LogP contribution < -0.4 is 15.4 Å². The number of nitrogens with one attached hydrogen (secondary N) is 2. The molecule has 0 saturated heterocycles. The van der Waals surface area contributed by atoms with Crippen molar-refractivity contribution < 1.29 is 23.9 Å². The summed E-state index contributed by atoms with van der Waals surface area (Å²) in [5.41, 5.74) is 2.38. The van der Waals surface area contributed by atoms with Crippen LogP contribution in [0.15, 0.2) is 78.9 Å². The third-order valence-electron chi connectivity index (χ3n) is 5.40. The van der Waals surface area contributed by atoms with Crippen molar-refractivity contribution in [3.05, 3.63) is 95.6 Å². The summed E-state index contributed by atoms with van der Waals surface area (Å²) in [7, 11) is 1.53. The number of methoxy groups -OCH3 is 1. The summed E-state index contributed by atoms with van der Waals surface area (Å²) >= 11 is 0. The quantitative estimate of drug-likeness (QED) is 0.439. The third-order valence-corrected chi connectivity index (χ3v) is 5.40. The van der Waals surface area contributed by atoms with Gasteiger partial charge in [-0.1, -0.05) is 67.9 Å². The Labute approximate surface area is 205 Å². The summed E-state index contributed by atoms with van der Waals surface area (Å²) < 4.78 is 10.9. The van der Waals surface area contributed by atoms with Crippen LogP contribution in [0.1, 0.15) is 41.4 Å². The number of hydrogen-bond donors (Lipinski definition) is 2. The minimum absolute atomic E-state index is 0.269. The second kappa shape index (κ2) is 11.8. The minimum Gasteiger partial charge on any atom is -0.497 e. The highest BCUT2D eigenvalue weighted by atomic mass is 16.5. The molecular weight excluding hydrogens is 444 g/mol. The van der Waals surface area contributed by atoms with E-state index in [0.717, 1.165) is 5.56 Å². The molecule has 1 unspecified atom stereocenters. The van der Waals surface area contributed by atoms with E-state index in [-0.39, 0.29) is 11.8 Å². The van der Waals surface area contributed by atoms with Gasteiger partial charge >= 0.3 is 5.97 Å². The van der Waals surface area contributed by atoms with Crippen molar-refractivity contribution in [3.63, 3.8) is 0 Å². The number of benzene rings is 3. The van der Waals surface area contributed by atoms with Crippen LogP contribution in [0, 0.1) is 12.8 Å². The molecule has 2 atom stereocenters. The van der Waals surface area contributed by atoms with Crippen LogP contribution >= 0.6 is 0 Å². The lowest BCUT2D eigenvalue weighted by Crippen LogP contribution is -2.46. The van der Waals surface area contributed by atoms with Crippen LogP contribution in [-0.4, -0.2) is 30.9 Å². The van der Waals surface area contributed by atoms with Crippen LogP contribution in [0.5, 0.6) is 5.75 Å². The van der Waals surface area contributed by atoms with Crippen molar-refractivity contribution >= 4 is 23.5 Å².